The largest absolute Gasteiger partial charge is 0.399 e. The second kappa shape index (κ2) is 4.35. The molecular formula is C11H10FN3O2S. The zero-order valence-electron chi connectivity index (χ0n) is 9.17. The molecule has 1 heterocycles. The van der Waals surface area contributed by atoms with E-state index in [0.717, 1.165) is 6.20 Å². The number of nitrogens with zero attached hydrogens (tertiary/aromatic N) is 1. The van der Waals surface area contributed by atoms with Crippen molar-refractivity contribution in [1.29, 1.82) is 0 Å². The van der Waals surface area contributed by atoms with Gasteiger partial charge in [0.2, 0.25) is 10.0 Å². The molecule has 0 atom stereocenters. The lowest BCUT2D eigenvalue weighted by atomic mass is 10.1. The summed E-state index contributed by atoms with van der Waals surface area (Å²) >= 11 is 0. The third kappa shape index (κ3) is 2.47. The van der Waals surface area contributed by atoms with Crippen LogP contribution in [0.4, 0.5) is 10.1 Å². The average Bonchev–Trinajstić information content (AvgIpc) is 2.27. The van der Waals surface area contributed by atoms with Crippen LogP contribution in [0.5, 0.6) is 0 Å². The number of anilines is 1. The Labute approximate surface area is 103 Å². The topological polar surface area (TPSA) is 99.1 Å². The second-order valence-corrected chi connectivity index (χ2v) is 5.22. The molecule has 0 aliphatic rings. The predicted molar refractivity (Wildman–Crippen MR) is 65.4 cm³/mol. The summed E-state index contributed by atoms with van der Waals surface area (Å²) in [5.74, 6) is -0.565. The quantitative estimate of drug-likeness (QED) is 0.796. The van der Waals surface area contributed by atoms with Gasteiger partial charge < -0.3 is 5.73 Å². The van der Waals surface area contributed by atoms with Crippen molar-refractivity contribution in [3.05, 3.63) is 42.5 Å². The number of sulfonamides is 1. The Kier molecular flexibility index (Phi) is 3.02. The highest BCUT2D eigenvalue weighted by Crippen LogP contribution is 2.28. The maximum Gasteiger partial charge on any atom is 0.238 e. The first-order valence-corrected chi connectivity index (χ1v) is 6.46. The molecule has 0 unspecified atom stereocenters. The SMILES string of the molecule is Nc1ccc(-c2cncc(F)c2)c(S(N)(=O)=O)c1. The first kappa shape index (κ1) is 12.5. The van der Waals surface area contributed by atoms with E-state index in [0.29, 0.717) is 5.56 Å². The highest BCUT2D eigenvalue weighted by atomic mass is 32.2. The van der Waals surface area contributed by atoms with E-state index >= 15 is 0 Å². The molecule has 2 aromatic rings. The maximum absolute atomic E-state index is 13.1. The first-order chi connectivity index (χ1) is 8.38. The Hall–Kier alpha value is -1.99. The van der Waals surface area contributed by atoms with E-state index in [1.807, 2.05) is 0 Å². The fourth-order valence-corrected chi connectivity index (χ4v) is 2.36. The Bertz CT molecular complexity index is 701. The predicted octanol–water partition coefficient (Wildman–Crippen LogP) is 1.12. The van der Waals surface area contributed by atoms with Gasteiger partial charge in [-0.1, -0.05) is 6.07 Å². The summed E-state index contributed by atoms with van der Waals surface area (Å²) in [5.41, 5.74) is 6.36. The van der Waals surface area contributed by atoms with E-state index in [-0.39, 0.29) is 16.1 Å². The number of benzene rings is 1. The van der Waals surface area contributed by atoms with Crippen LogP contribution in [0.15, 0.2) is 41.6 Å². The first-order valence-electron chi connectivity index (χ1n) is 4.91. The van der Waals surface area contributed by atoms with Gasteiger partial charge in [0.15, 0.2) is 0 Å². The molecule has 1 aromatic heterocycles. The van der Waals surface area contributed by atoms with Crippen molar-refractivity contribution in [1.82, 2.24) is 4.98 Å². The molecule has 0 radical (unpaired) electrons. The molecule has 1 aromatic carbocycles. The zero-order valence-corrected chi connectivity index (χ0v) is 9.99. The number of nitrogen functional groups attached to an aromatic ring is 1. The smallest absolute Gasteiger partial charge is 0.238 e. The number of hydrogen-bond acceptors (Lipinski definition) is 4. The molecule has 0 aliphatic heterocycles. The minimum absolute atomic E-state index is 0.157. The summed E-state index contributed by atoms with van der Waals surface area (Å²) in [4.78, 5) is 3.51. The van der Waals surface area contributed by atoms with E-state index in [2.05, 4.69) is 4.98 Å². The number of rotatable bonds is 2. The molecule has 0 bridgehead atoms. The van der Waals surface area contributed by atoms with Crippen LogP contribution in [-0.4, -0.2) is 13.4 Å². The van der Waals surface area contributed by atoms with Crippen molar-refractivity contribution >= 4 is 15.7 Å². The lowest BCUT2D eigenvalue weighted by molar-refractivity contribution is 0.598. The normalized spacial score (nSPS) is 11.4. The van der Waals surface area contributed by atoms with Crippen LogP contribution >= 0.6 is 0 Å². The fraction of sp³-hybridized carbons (Fsp3) is 0. The number of hydrogen-bond donors (Lipinski definition) is 2. The zero-order chi connectivity index (χ0) is 13.3. The summed E-state index contributed by atoms with van der Waals surface area (Å²) in [6.45, 7) is 0. The van der Waals surface area contributed by atoms with Gasteiger partial charge in [0.1, 0.15) is 5.82 Å². The molecule has 94 valence electrons. The molecule has 18 heavy (non-hydrogen) atoms. The van der Waals surface area contributed by atoms with Crippen LogP contribution in [0.25, 0.3) is 11.1 Å². The summed E-state index contributed by atoms with van der Waals surface area (Å²) in [6, 6.07) is 5.38. The summed E-state index contributed by atoms with van der Waals surface area (Å²) in [5, 5.41) is 5.10. The molecule has 5 nitrogen and oxygen atoms in total. The molecule has 0 saturated heterocycles. The van der Waals surface area contributed by atoms with Crippen molar-refractivity contribution in [3.8, 4) is 11.1 Å². The molecule has 7 heteroatoms. The van der Waals surface area contributed by atoms with Crippen molar-refractivity contribution in [2.45, 2.75) is 4.90 Å². The van der Waals surface area contributed by atoms with E-state index < -0.39 is 15.8 Å². The van der Waals surface area contributed by atoms with Crippen LogP contribution in [0, 0.1) is 5.82 Å². The van der Waals surface area contributed by atoms with E-state index in [1.165, 1.54) is 30.5 Å². The van der Waals surface area contributed by atoms with Gasteiger partial charge in [-0.2, -0.15) is 0 Å². The fourth-order valence-electron chi connectivity index (χ4n) is 1.57. The van der Waals surface area contributed by atoms with Gasteiger partial charge in [-0.15, -0.1) is 0 Å². The Balaban J connectivity index is 2.72. The van der Waals surface area contributed by atoms with Crippen LogP contribution in [-0.2, 0) is 10.0 Å². The summed E-state index contributed by atoms with van der Waals surface area (Å²) < 4.78 is 36.0. The van der Waals surface area contributed by atoms with Crippen LogP contribution in [0.3, 0.4) is 0 Å². The van der Waals surface area contributed by atoms with Gasteiger partial charge in [-0.25, -0.2) is 17.9 Å². The van der Waals surface area contributed by atoms with Crippen molar-refractivity contribution in [3.63, 3.8) is 0 Å². The van der Waals surface area contributed by atoms with E-state index in [4.69, 9.17) is 10.9 Å². The third-order valence-electron chi connectivity index (χ3n) is 2.33. The lowest BCUT2D eigenvalue weighted by Crippen LogP contribution is -2.14. The number of aromatic nitrogens is 1. The van der Waals surface area contributed by atoms with Gasteiger partial charge in [0.05, 0.1) is 11.1 Å². The third-order valence-corrected chi connectivity index (χ3v) is 3.28. The van der Waals surface area contributed by atoms with Gasteiger partial charge in [-0.3, -0.25) is 4.98 Å². The summed E-state index contributed by atoms with van der Waals surface area (Å²) in [6.07, 6.45) is 2.38. The molecule has 0 fully saturated rings. The Morgan fingerprint density at radius 2 is 1.89 bits per heavy atom. The number of nitrogens with two attached hydrogens (primary N) is 2. The van der Waals surface area contributed by atoms with Crippen LogP contribution in [0.1, 0.15) is 0 Å². The number of primary sulfonamides is 1. The van der Waals surface area contributed by atoms with Crippen LogP contribution in [0.2, 0.25) is 0 Å². The second-order valence-electron chi connectivity index (χ2n) is 3.69. The Morgan fingerprint density at radius 3 is 2.50 bits per heavy atom. The molecular weight excluding hydrogens is 257 g/mol. The molecule has 4 N–H and O–H groups in total. The van der Waals surface area contributed by atoms with Crippen molar-refractivity contribution < 1.29 is 12.8 Å². The standard InChI is InChI=1S/C11H10FN3O2S/c12-8-3-7(5-15-6-8)10-2-1-9(13)4-11(10)18(14,16)17/h1-6H,13H2,(H2,14,16,17). The van der Waals surface area contributed by atoms with Crippen molar-refractivity contribution in [2.24, 2.45) is 5.14 Å². The van der Waals surface area contributed by atoms with Crippen LogP contribution < -0.4 is 10.9 Å². The van der Waals surface area contributed by atoms with Gasteiger partial charge in [-0.05, 0) is 18.2 Å². The maximum atomic E-state index is 13.1. The molecule has 2 rings (SSSR count). The van der Waals surface area contributed by atoms with E-state index in [1.54, 1.807) is 0 Å². The van der Waals surface area contributed by atoms with Gasteiger partial charge in [0, 0.05) is 23.0 Å². The highest BCUT2D eigenvalue weighted by Gasteiger charge is 2.16. The molecule has 0 saturated carbocycles. The minimum atomic E-state index is -3.95. The molecule has 0 spiro atoms. The van der Waals surface area contributed by atoms with Gasteiger partial charge in [0.25, 0.3) is 0 Å². The Morgan fingerprint density at radius 1 is 1.17 bits per heavy atom. The van der Waals surface area contributed by atoms with Crippen molar-refractivity contribution in [2.75, 3.05) is 5.73 Å². The molecule has 0 amide bonds. The van der Waals surface area contributed by atoms with Gasteiger partial charge >= 0.3 is 0 Å². The average molecular weight is 267 g/mol. The number of halogens is 1. The minimum Gasteiger partial charge on any atom is -0.399 e. The monoisotopic (exact) mass is 267 g/mol. The molecule has 0 aliphatic carbocycles. The number of pyridine rings is 1. The van der Waals surface area contributed by atoms with E-state index in [9.17, 15) is 12.8 Å². The highest BCUT2D eigenvalue weighted by molar-refractivity contribution is 7.89. The lowest BCUT2D eigenvalue weighted by Gasteiger charge is -2.08. The summed E-state index contributed by atoms with van der Waals surface area (Å²) in [7, 11) is -3.95.